The van der Waals surface area contributed by atoms with Gasteiger partial charge in [-0.05, 0) is 36.6 Å². The molecule has 1 aromatic carbocycles. The Morgan fingerprint density at radius 3 is 2.84 bits per heavy atom. The molecule has 0 aliphatic rings. The van der Waals surface area contributed by atoms with Crippen molar-refractivity contribution in [2.24, 2.45) is 5.73 Å². The molecule has 2 aromatic rings. The summed E-state index contributed by atoms with van der Waals surface area (Å²) in [6.45, 7) is 2.06. The molecule has 0 saturated carbocycles. The van der Waals surface area contributed by atoms with E-state index in [9.17, 15) is 4.79 Å². The number of hydrogen-bond acceptors (Lipinski definition) is 4. The van der Waals surface area contributed by atoms with Crippen LogP contribution >= 0.6 is 11.3 Å². The second-order valence-corrected chi connectivity index (χ2v) is 5.53. The van der Waals surface area contributed by atoms with Crippen LogP contribution in [0.4, 0.5) is 11.4 Å². The van der Waals surface area contributed by atoms with Crippen LogP contribution in [0, 0.1) is 0 Å². The number of thiophene rings is 1. The molecule has 5 N–H and O–H groups in total. The zero-order valence-electron chi connectivity index (χ0n) is 10.7. The molecule has 1 atom stereocenters. The van der Waals surface area contributed by atoms with Crippen LogP contribution in [0.1, 0.15) is 22.2 Å². The van der Waals surface area contributed by atoms with Crippen LogP contribution in [0.25, 0.3) is 0 Å². The van der Waals surface area contributed by atoms with Gasteiger partial charge in [-0.15, -0.1) is 11.3 Å². The van der Waals surface area contributed by atoms with Crippen molar-refractivity contribution >= 4 is 28.6 Å². The van der Waals surface area contributed by atoms with Gasteiger partial charge in [0, 0.05) is 28.7 Å². The van der Waals surface area contributed by atoms with Crippen LogP contribution in [0.5, 0.6) is 0 Å². The molecule has 1 unspecified atom stereocenters. The number of benzene rings is 1. The Labute approximate surface area is 116 Å². The maximum atomic E-state index is 11.4. The van der Waals surface area contributed by atoms with Gasteiger partial charge in [-0.2, -0.15) is 0 Å². The van der Waals surface area contributed by atoms with Gasteiger partial charge in [0.25, 0.3) is 5.91 Å². The number of rotatable bonds is 5. The second-order valence-electron chi connectivity index (χ2n) is 4.50. The van der Waals surface area contributed by atoms with E-state index in [1.54, 1.807) is 29.5 Å². The van der Waals surface area contributed by atoms with Crippen molar-refractivity contribution in [1.82, 2.24) is 0 Å². The first-order chi connectivity index (χ1) is 9.06. The minimum Gasteiger partial charge on any atom is -0.399 e. The molecule has 0 fully saturated rings. The van der Waals surface area contributed by atoms with E-state index < -0.39 is 5.91 Å². The lowest BCUT2D eigenvalue weighted by atomic mass is 10.1. The lowest BCUT2D eigenvalue weighted by molar-refractivity contribution is 0.100. The Morgan fingerprint density at radius 1 is 1.42 bits per heavy atom. The van der Waals surface area contributed by atoms with Crippen LogP contribution in [0.15, 0.2) is 35.7 Å². The number of carbonyl (C=O) groups excluding carboxylic acids is 1. The molecule has 2 rings (SSSR count). The number of nitrogens with one attached hydrogen (secondary N) is 1. The molecule has 5 heteroatoms. The topological polar surface area (TPSA) is 81.1 Å². The summed E-state index contributed by atoms with van der Waals surface area (Å²) in [6.07, 6.45) is 0.894. The van der Waals surface area contributed by atoms with Crippen LogP contribution in [-0.4, -0.2) is 11.9 Å². The van der Waals surface area contributed by atoms with E-state index >= 15 is 0 Å². The zero-order valence-corrected chi connectivity index (χ0v) is 11.5. The minimum absolute atomic E-state index is 0.193. The Morgan fingerprint density at radius 2 is 2.21 bits per heavy atom. The largest absolute Gasteiger partial charge is 0.399 e. The highest BCUT2D eigenvalue weighted by Gasteiger charge is 2.11. The van der Waals surface area contributed by atoms with Gasteiger partial charge in [-0.1, -0.05) is 6.07 Å². The molecule has 1 aromatic heterocycles. The molecule has 0 spiro atoms. The Balaban J connectivity index is 2.13. The Bertz CT molecular complexity index is 566. The van der Waals surface area contributed by atoms with Crippen LogP contribution in [-0.2, 0) is 6.42 Å². The average Bonchev–Trinajstić information content (AvgIpc) is 2.81. The fraction of sp³-hybridized carbons (Fsp3) is 0.214. The van der Waals surface area contributed by atoms with E-state index in [0.29, 0.717) is 16.9 Å². The predicted molar refractivity (Wildman–Crippen MR) is 80.5 cm³/mol. The van der Waals surface area contributed by atoms with Crippen molar-refractivity contribution in [2.45, 2.75) is 19.4 Å². The third-order valence-electron chi connectivity index (χ3n) is 2.80. The van der Waals surface area contributed by atoms with Gasteiger partial charge in [0.05, 0.1) is 5.56 Å². The molecule has 0 saturated heterocycles. The van der Waals surface area contributed by atoms with E-state index in [2.05, 4.69) is 23.7 Å². The number of carbonyl (C=O) groups is 1. The number of amides is 1. The fourth-order valence-electron chi connectivity index (χ4n) is 1.94. The summed E-state index contributed by atoms with van der Waals surface area (Å²) in [7, 11) is 0. The average molecular weight is 275 g/mol. The fourth-order valence-corrected chi connectivity index (χ4v) is 2.78. The van der Waals surface area contributed by atoms with Crippen molar-refractivity contribution < 1.29 is 4.79 Å². The first kappa shape index (κ1) is 13.4. The molecule has 0 aliphatic heterocycles. The number of hydrogen-bond donors (Lipinski definition) is 3. The molecular formula is C14H17N3OS. The van der Waals surface area contributed by atoms with E-state index in [0.717, 1.165) is 6.42 Å². The van der Waals surface area contributed by atoms with Crippen molar-refractivity contribution in [2.75, 3.05) is 11.1 Å². The zero-order chi connectivity index (χ0) is 13.8. The number of nitrogen functional groups attached to an aromatic ring is 1. The third-order valence-corrected chi connectivity index (χ3v) is 3.70. The molecule has 0 bridgehead atoms. The normalized spacial score (nSPS) is 12.1. The van der Waals surface area contributed by atoms with Crippen molar-refractivity contribution in [1.29, 1.82) is 0 Å². The highest BCUT2D eigenvalue weighted by atomic mass is 32.1. The molecule has 1 heterocycles. The lowest BCUT2D eigenvalue weighted by Gasteiger charge is -2.17. The molecule has 4 nitrogen and oxygen atoms in total. The minimum atomic E-state index is -0.453. The third kappa shape index (κ3) is 3.48. The molecular weight excluding hydrogens is 258 g/mol. The monoisotopic (exact) mass is 275 g/mol. The van der Waals surface area contributed by atoms with Crippen LogP contribution in [0.2, 0.25) is 0 Å². The Hall–Kier alpha value is -2.01. The van der Waals surface area contributed by atoms with E-state index in [-0.39, 0.29) is 6.04 Å². The molecule has 0 aliphatic carbocycles. The van der Waals surface area contributed by atoms with Crippen LogP contribution < -0.4 is 16.8 Å². The van der Waals surface area contributed by atoms with E-state index in [4.69, 9.17) is 11.5 Å². The van der Waals surface area contributed by atoms with Gasteiger partial charge in [0.15, 0.2) is 0 Å². The van der Waals surface area contributed by atoms with E-state index in [1.807, 2.05) is 6.07 Å². The smallest absolute Gasteiger partial charge is 0.250 e. The van der Waals surface area contributed by atoms with Gasteiger partial charge < -0.3 is 16.8 Å². The predicted octanol–water partition coefficient (Wildman–Crippen LogP) is 2.47. The molecule has 100 valence electrons. The lowest BCUT2D eigenvalue weighted by Crippen LogP contribution is -2.21. The Kier molecular flexibility index (Phi) is 4.06. The quantitative estimate of drug-likeness (QED) is 0.733. The van der Waals surface area contributed by atoms with Gasteiger partial charge in [0.2, 0.25) is 0 Å². The highest BCUT2D eigenvalue weighted by molar-refractivity contribution is 7.09. The van der Waals surface area contributed by atoms with E-state index in [1.165, 1.54) is 4.88 Å². The summed E-state index contributed by atoms with van der Waals surface area (Å²) in [5.41, 5.74) is 12.9. The van der Waals surface area contributed by atoms with Gasteiger partial charge in [-0.3, -0.25) is 4.79 Å². The van der Waals surface area contributed by atoms with Crippen molar-refractivity contribution in [3.8, 4) is 0 Å². The standard InChI is InChI=1S/C14H17N3OS/c1-9(7-11-3-2-6-19-11)17-13-8-10(15)4-5-12(13)14(16)18/h2-6,8-9,17H,7,15H2,1H3,(H2,16,18). The number of anilines is 2. The van der Waals surface area contributed by atoms with Crippen LogP contribution in [0.3, 0.4) is 0 Å². The molecule has 0 radical (unpaired) electrons. The van der Waals surface area contributed by atoms with Crippen molar-refractivity contribution in [3.63, 3.8) is 0 Å². The molecule has 19 heavy (non-hydrogen) atoms. The first-order valence-corrected chi connectivity index (χ1v) is 6.92. The summed E-state index contributed by atoms with van der Waals surface area (Å²) in [4.78, 5) is 12.7. The van der Waals surface area contributed by atoms with Gasteiger partial charge in [0.1, 0.15) is 0 Å². The summed E-state index contributed by atoms with van der Waals surface area (Å²) in [5.74, 6) is -0.453. The number of nitrogens with two attached hydrogens (primary N) is 2. The van der Waals surface area contributed by atoms with Gasteiger partial charge >= 0.3 is 0 Å². The van der Waals surface area contributed by atoms with Gasteiger partial charge in [-0.25, -0.2) is 0 Å². The summed E-state index contributed by atoms with van der Waals surface area (Å²) < 4.78 is 0. The maximum absolute atomic E-state index is 11.4. The number of primary amides is 1. The maximum Gasteiger partial charge on any atom is 0.250 e. The summed E-state index contributed by atoms with van der Waals surface area (Å²) in [6, 6.07) is 9.38. The molecule has 1 amide bonds. The first-order valence-electron chi connectivity index (χ1n) is 6.04. The summed E-state index contributed by atoms with van der Waals surface area (Å²) >= 11 is 1.72. The summed E-state index contributed by atoms with van der Waals surface area (Å²) in [5, 5.41) is 5.35. The highest BCUT2D eigenvalue weighted by Crippen LogP contribution is 2.21. The second kappa shape index (κ2) is 5.75. The SMILES string of the molecule is CC(Cc1cccs1)Nc1cc(N)ccc1C(N)=O. The van der Waals surface area contributed by atoms with Crippen molar-refractivity contribution in [3.05, 3.63) is 46.2 Å².